The van der Waals surface area contributed by atoms with Gasteiger partial charge in [-0.05, 0) is 29.6 Å². The standard InChI is InChI=1S/C15H13ClN2OS/c16-13-6-1-4-12(10-13)5-2-8-17-15(19)18-11-14-7-3-9-20-14/h1,3-4,6-7,9-10H,8,11H2,(H2,17,18,19). The predicted molar refractivity (Wildman–Crippen MR) is 82.9 cm³/mol. The zero-order chi connectivity index (χ0) is 14.2. The molecule has 0 aliphatic carbocycles. The zero-order valence-electron chi connectivity index (χ0n) is 10.7. The fourth-order valence-corrected chi connectivity index (χ4v) is 2.31. The summed E-state index contributed by atoms with van der Waals surface area (Å²) in [5.74, 6) is 5.81. The molecule has 102 valence electrons. The van der Waals surface area contributed by atoms with Crippen LogP contribution in [0.3, 0.4) is 0 Å². The number of hydrogen-bond donors (Lipinski definition) is 2. The SMILES string of the molecule is O=C(NCC#Cc1cccc(Cl)c1)NCc1cccs1. The minimum absolute atomic E-state index is 0.223. The van der Waals surface area contributed by atoms with E-state index in [1.165, 1.54) is 0 Å². The molecule has 0 saturated carbocycles. The largest absolute Gasteiger partial charge is 0.333 e. The van der Waals surface area contributed by atoms with Crippen LogP contribution in [0.4, 0.5) is 4.79 Å². The van der Waals surface area contributed by atoms with E-state index < -0.39 is 0 Å². The molecule has 1 heterocycles. The van der Waals surface area contributed by atoms with Gasteiger partial charge in [0.2, 0.25) is 0 Å². The van der Waals surface area contributed by atoms with Crippen LogP contribution in [0.2, 0.25) is 5.02 Å². The Morgan fingerprint density at radius 3 is 2.90 bits per heavy atom. The fourth-order valence-electron chi connectivity index (χ4n) is 1.48. The highest BCUT2D eigenvalue weighted by Crippen LogP contribution is 2.09. The maximum Gasteiger partial charge on any atom is 0.315 e. The van der Waals surface area contributed by atoms with Crippen molar-refractivity contribution in [2.24, 2.45) is 0 Å². The van der Waals surface area contributed by atoms with Gasteiger partial charge < -0.3 is 10.6 Å². The van der Waals surface area contributed by atoms with Gasteiger partial charge in [0.1, 0.15) is 0 Å². The molecule has 0 radical (unpaired) electrons. The van der Waals surface area contributed by atoms with Gasteiger partial charge in [-0.1, -0.05) is 35.6 Å². The Morgan fingerprint density at radius 1 is 1.25 bits per heavy atom. The third kappa shape index (κ3) is 4.96. The fraction of sp³-hybridized carbons (Fsp3) is 0.133. The van der Waals surface area contributed by atoms with Crippen LogP contribution in [0.1, 0.15) is 10.4 Å². The molecule has 0 unspecified atom stereocenters. The molecule has 0 atom stereocenters. The average molecular weight is 305 g/mol. The Hall–Kier alpha value is -1.96. The predicted octanol–water partition coefficient (Wildman–Crippen LogP) is 3.25. The Labute approximate surface area is 127 Å². The molecule has 1 aromatic heterocycles. The summed E-state index contributed by atoms with van der Waals surface area (Å²) in [7, 11) is 0. The summed E-state index contributed by atoms with van der Waals surface area (Å²) in [5.41, 5.74) is 0.832. The molecular weight excluding hydrogens is 292 g/mol. The van der Waals surface area contributed by atoms with E-state index in [0.717, 1.165) is 10.4 Å². The molecule has 0 fully saturated rings. The van der Waals surface area contributed by atoms with Crippen molar-refractivity contribution in [2.45, 2.75) is 6.54 Å². The van der Waals surface area contributed by atoms with E-state index in [1.807, 2.05) is 29.6 Å². The van der Waals surface area contributed by atoms with Crippen LogP contribution in [0.15, 0.2) is 41.8 Å². The Balaban J connectivity index is 1.72. The van der Waals surface area contributed by atoms with E-state index in [-0.39, 0.29) is 6.03 Å². The highest BCUT2D eigenvalue weighted by molar-refractivity contribution is 7.09. The third-order valence-corrected chi connectivity index (χ3v) is 3.51. The number of carbonyl (C=O) groups is 1. The lowest BCUT2D eigenvalue weighted by atomic mass is 10.2. The highest BCUT2D eigenvalue weighted by atomic mass is 35.5. The van der Waals surface area contributed by atoms with E-state index >= 15 is 0 Å². The second-order valence-electron chi connectivity index (χ2n) is 3.93. The van der Waals surface area contributed by atoms with Gasteiger partial charge in [0.25, 0.3) is 0 Å². The number of amides is 2. The van der Waals surface area contributed by atoms with Crippen LogP contribution in [-0.4, -0.2) is 12.6 Å². The number of hydrogen-bond acceptors (Lipinski definition) is 2. The van der Waals surface area contributed by atoms with Crippen LogP contribution >= 0.6 is 22.9 Å². The molecule has 0 aliphatic rings. The van der Waals surface area contributed by atoms with E-state index in [9.17, 15) is 4.79 Å². The van der Waals surface area contributed by atoms with Crippen molar-refractivity contribution in [3.05, 3.63) is 57.2 Å². The minimum atomic E-state index is -0.223. The minimum Gasteiger partial charge on any atom is -0.333 e. The first-order chi connectivity index (χ1) is 9.74. The van der Waals surface area contributed by atoms with Crippen molar-refractivity contribution in [1.29, 1.82) is 0 Å². The van der Waals surface area contributed by atoms with Crippen molar-refractivity contribution >= 4 is 29.0 Å². The molecule has 2 N–H and O–H groups in total. The van der Waals surface area contributed by atoms with Crippen LogP contribution in [-0.2, 0) is 6.54 Å². The van der Waals surface area contributed by atoms with Crippen molar-refractivity contribution in [1.82, 2.24) is 10.6 Å². The van der Waals surface area contributed by atoms with Crippen molar-refractivity contribution in [3.63, 3.8) is 0 Å². The number of urea groups is 1. The number of thiophene rings is 1. The molecule has 0 bridgehead atoms. The van der Waals surface area contributed by atoms with E-state index in [2.05, 4.69) is 22.5 Å². The summed E-state index contributed by atoms with van der Waals surface area (Å²) in [6, 6.07) is 11.0. The first-order valence-corrected chi connectivity index (χ1v) is 7.28. The molecule has 5 heteroatoms. The summed E-state index contributed by atoms with van der Waals surface area (Å²) >= 11 is 7.46. The maximum atomic E-state index is 11.5. The molecule has 1 aromatic carbocycles. The monoisotopic (exact) mass is 304 g/mol. The second kappa shape index (κ2) is 7.59. The Bertz CT molecular complexity index is 629. The van der Waals surface area contributed by atoms with Crippen molar-refractivity contribution in [3.8, 4) is 11.8 Å². The van der Waals surface area contributed by atoms with Gasteiger partial charge in [-0.2, -0.15) is 0 Å². The highest BCUT2D eigenvalue weighted by Gasteiger charge is 1.98. The average Bonchev–Trinajstić information content (AvgIpc) is 2.95. The number of benzene rings is 1. The van der Waals surface area contributed by atoms with Crippen molar-refractivity contribution < 1.29 is 4.79 Å². The van der Waals surface area contributed by atoms with Crippen LogP contribution in [0, 0.1) is 11.8 Å². The Kier molecular flexibility index (Phi) is 5.48. The molecule has 20 heavy (non-hydrogen) atoms. The number of nitrogens with one attached hydrogen (secondary N) is 2. The van der Waals surface area contributed by atoms with Gasteiger partial charge in [-0.3, -0.25) is 0 Å². The van der Waals surface area contributed by atoms with Crippen LogP contribution < -0.4 is 10.6 Å². The normalized spacial score (nSPS) is 9.45. The molecule has 3 nitrogen and oxygen atoms in total. The summed E-state index contributed by atoms with van der Waals surface area (Å²) in [5, 5.41) is 8.07. The zero-order valence-corrected chi connectivity index (χ0v) is 12.2. The van der Waals surface area contributed by atoms with E-state index in [0.29, 0.717) is 18.1 Å². The van der Waals surface area contributed by atoms with Gasteiger partial charge in [0.15, 0.2) is 0 Å². The lowest BCUT2D eigenvalue weighted by Crippen LogP contribution is -2.34. The number of rotatable bonds is 3. The summed E-state index contributed by atoms with van der Waals surface area (Å²) in [6.07, 6.45) is 0. The molecule has 2 rings (SSSR count). The third-order valence-electron chi connectivity index (χ3n) is 2.40. The number of halogens is 1. The molecule has 0 spiro atoms. The molecule has 2 aromatic rings. The molecule has 0 aliphatic heterocycles. The quantitative estimate of drug-likeness (QED) is 0.840. The van der Waals surface area contributed by atoms with Gasteiger partial charge in [-0.15, -0.1) is 11.3 Å². The molecule has 2 amide bonds. The molecular formula is C15H13ClN2OS. The topological polar surface area (TPSA) is 41.1 Å². The second-order valence-corrected chi connectivity index (χ2v) is 5.40. The van der Waals surface area contributed by atoms with Crippen LogP contribution in [0.25, 0.3) is 0 Å². The van der Waals surface area contributed by atoms with Crippen LogP contribution in [0.5, 0.6) is 0 Å². The van der Waals surface area contributed by atoms with Gasteiger partial charge in [-0.25, -0.2) is 4.79 Å². The van der Waals surface area contributed by atoms with Gasteiger partial charge in [0, 0.05) is 15.5 Å². The smallest absolute Gasteiger partial charge is 0.315 e. The summed E-state index contributed by atoms with van der Waals surface area (Å²) in [6.45, 7) is 0.827. The van der Waals surface area contributed by atoms with E-state index in [4.69, 9.17) is 11.6 Å². The molecule has 0 saturated heterocycles. The first kappa shape index (κ1) is 14.4. The summed E-state index contributed by atoms with van der Waals surface area (Å²) in [4.78, 5) is 12.6. The maximum absolute atomic E-state index is 11.5. The lowest BCUT2D eigenvalue weighted by Gasteiger charge is -2.03. The first-order valence-electron chi connectivity index (χ1n) is 6.02. The van der Waals surface area contributed by atoms with E-state index in [1.54, 1.807) is 23.5 Å². The van der Waals surface area contributed by atoms with Gasteiger partial charge >= 0.3 is 6.03 Å². The van der Waals surface area contributed by atoms with Gasteiger partial charge in [0.05, 0.1) is 13.1 Å². The lowest BCUT2D eigenvalue weighted by molar-refractivity contribution is 0.242. The number of carbonyl (C=O) groups excluding carboxylic acids is 1. The summed E-state index contributed by atoms with van der Waals surface area (Å²) < 4.78 is 0. The Morgan fingerprint density at radius 2 is 2.15 bits per heavy atom. The van der Waals surface area contributed by atoms with Crippen molar-refractivity contribution in [2.75, 3.05) is 6.54 Å².